The number of carbonyl (C=O) groups is 1. The third-order valence-corrected chi connectivity index (χ3v) is 7.08. The molecule has 0 spiro atoms. The van der Waals surface area contributed by atoms with Crippen molar-refractivity contribution in [1.29, 1.82) is 0 Å². The SMILES string of the molecule is CCC(=O)N1CCc2cc(Br)c(S(=O)(=O)NC3CCCC3)cc21. The van der Waals surface area contributed by atoms with Gasteiger partial charge in [-0.1, -0.05) is 19.8 Å². The Balaban J connectivity index is 1.95. The second-order valence-electron chi connectivity index (χ2n) is 6.16. The fourth-order valence-electron chi connectivity index (χ4n) is 3.37. The van der Waals surface area contributed by atoms with Gasteiger partial charge in [0.05, 0.1) is 4.90 Å². The number of anilines is 1. The van der Waals surface area contributed by atoms with Crippen molar-refractivity contribution >= 4 is 37.5 Å². The highest BCUT2D eigenvalue weighted by molar-refractivity contribution is 9.10. The van der Waals surface area contributed by atoms with Crippen LogP contribution in [0.1, 0.15) is 44.6 Å². The molecule has 0 radical (unpaired) electrons. The molecule has 0 unspecified atom stereocenters. The second-order valence-corrected chi connectivity index (χ2v) is 8.70. The van der Waals surface area contributed by atoms with E-state index in [2.05, 4.69) is 20.7 Å². The van der Waals surface area contributed by atoms with Crippen LogP contribution < -0.4 is 9.62 Å². The van der Waals surface area contributed by atoms with Crippen molar-refractivity contribution in [1.82, 2.24) is 4.72 Å². The molecule has 7 heteroatoms. The molecule has 0 saturated heterocycles. The van der Waals surface area contributed by atoms with E-state index in [1.54, 1.807) is 11.0 Å². The fraction of sp³-hybridized carbons (Fsp3) is 0.562. The number of halogens is 1. The van der Waals surface area contributed by atoms with E-state index in [1.807, 2.05) is 13.0 Å². The van der Waals surface area contributed by atoms with Crippen molar-refractivity contribution in [2.45, 2.75) is 56.4 Å². The quantitative estimate of drug-likeness (QED) is 0.844. The lowest BCUT2D eigenvalue weighted by Crippen LogP contribution is -2.33. The number of fused-ring (bicyclic) bond motifs is 1. The zero-order valence-corrected chi connectivity index (χ0v) is 15.5. The smallest absolute Gasteiger partial charge is 0.242 e. The second kappa shape index (κ2) is 6.53. The molecule has 1 heterocycles. The number of rotatable bonds is 4. The topological polar surface area (TPSA) is 66.5 Å². The Kier molecular flexibility index (Phi) is 4.80. The zero-order valence-electron chi connectivity index (χ0n) is 13.1. The number of hydrogen-bond acceptors (Lipinski definition) is 3. The van der Waals surface area contributed by atoms with E-state index >= 15 is 0 Å². The standard InChI is InChI=1S/C16H21BrN2O3S/c1-2-16(20)19-8-7-11-9-13(17)15(10-14(11)19)23(21,22)18-12-5-3-4-6-12/h9-10,12,18H,2-8H2,1H3. The minimum absolute atomic E-state index is 0.0218. The molecule has 3 rings (SSSR count). The van der Waals surface area contributed by atoms with Crippen LogP contribution in [-0.2, 0) is 21.2 Å². The van der Waals surface area contributed by atoms with Gasteiger partial charge in [-0.3, -0.25) is 4.79 Å². The van der Waals surface area contributed by atoms with Gasteiger partial charge in [0.1, 0.15) is 0 Å². The molecular formula is C16H21BrN2O3S. The Morgan fingerprint density at radius 3 is 2.70 bits per heavy atom. The van der Waals surface area contributed by atoms with Crippen LogP contribution in [0.15, 0.2) is 21.5 Å². The van der Waals surface area contributed by atoms with E-state index in [0.717, 1.165) is 43.4 Å². The maximum Gasteiger partial charge on any atom is 0.242 e. The van der Waals surface area contributed by atoms with E-state index in [0.29, 0.717) is 17.4 Å². The van der Waals surface area contributed by atoms with Crippen molar-refractivity contribution in [2.24, 2.45) is 0 Å². The molecule has 126 valence electrons. The van der Waals surface area contributed by atoms with Crippen molar-refractivity contribution < 1.29 is 13.2 Å². The average molecular weight is 401 g/mol. The van der Waals surface area contributed by atoms with Crippen LogP contribution in [0.5, 0.6) is 0 Å². The molecule has 1 aliphatic carbocycles. The van der Waals surface area contributed by atoms with E-state index in [9.17, 15) is 13.2 Å². The molecular weight excluding hydrogens is 380 g/mol. The monoisotopic (exact) mass is 400 g/mol. The van der Waals surface area contributed by atoms with Gasteiger partial charge in [-0.25, -0.2) is 13.1 Å². The van der Waals surface area contributed by atoms with E-state index < -0.39 is 10.0 Å². The van der Waals surface area contributed by atoms with Crippen molar-refractivity contribution in [3.63, 3.8) is 0 Å². The molecule has 5 nitrogen and oxygen atoms in total. The third kappa shape index (κ3) is 3.32. The van der Waals surface area contributed by atoms with Crippen LogP contribution in [-0.4, -0.2) is 26.9 Å². The van der Waals surface area contributed by atoms with Gasteiger partial charge in [0.2, 0.25) is 15.9 Å². The minimum Gasteiger partial charge on any atom is -0.312 e. The Labute approximate surface area is 145 Å². The van der Waals surface area contributed by atoms with Gasteiger partial charge >= 0.3 is 0 Å². The Morgan fingerprint density at radius 2 is 2.04 bits per heavy atom. The Morgan fingerprint density at radius 1 is 1.35 bits per heavy atom. The first-order valence-electron chi connectivity index (χ1n) is 8.07. The fourth-order valence-corrected chi connectivity index (χ4v) is 5.78. The van der Waals surface area contributed by atoms with Gasteiger partial charge in [-0.2, -0.15) is 0 Å². The Hall–Kier alpha value is -0.920. The summed E-state index contributed by atoms with van der Waals surface area (Å²) in [7, 11) is -3.59. The summed E-state index contributed by atoms with van der Waals surface area (Å²) in [5.41, 5.74) is 1.74. The molecule has 1 fully saturated rings. The first-order valence-corrected chi connectivity index (χ1v) is 10.3. The molecule has 1 N–H and O–H groups in total. The highest BCUT2D eigenvalue weighted by atomic mass is 79.9. The van der Waals surface area contributed by atoms with Crippen LogP contribution in [0.25, 0.3) is 0 Å². The molecule has 0 aromatic heterocycles. The lowest BCUT2D eigenvalue weighted by Gasteiger charge is -2.19. The van der Waals surface area contributed by atoms with E-state index in [-0.39, 0.29) is 16.8 Å². The Bertz CT molecular complexity index is 727. The molecule has 0 bridgehead atoms. The number of nitrogens with zero attached hydrogens (tertiary/aromatic N) is 1. The van der Waals surface area contributed by atoms with Gasteiger partial charge in [0.15, 0.2) is 0 Å². The number of hydrogen-bond donors (Lipinski definition) is 1. The van der Waals surface area contributed by atoms with Crippen LogP contribution in [0.3, 0.4) is 0 Å². The molecule has 1 aliphatic heterocycles. The minimum atomic E-state index is -3.59. The summed E-state index contributed by atoms with van der Waals surface area (Å²) in [6.07, 6.45) is 5.09. The van der Waals surface area contributed by atoms with Gasteiger partial charge in [0.25, 0.3) is 0 Å². The van der Waals surface area contributed by atoms with Crippen LogP contribution in [0.2, 0.25) is 0 Å². The van der Waals surface area contributed by atoms with Crippen LogP contribution in [0, 0.1) is 0 Å². The summed E-state index contributed by atoms with van der Waals surface area (Å²) in [6.45, 7) is 2.44. The molecule has 1 aromatic carbocycles. The van der Waals surface area contributed by atoms with Gasteiger partial charge in [0, 0.05) is 29.2 Å². The third-order valence-electron chi connectivity index (χ3n) is 4.60. The predicted octanol–water partition coefficient (Wildman–Crippen LogP) is 2.97. The molecule has 2 aliphatic rings. The normalized spacial score (nSPS) is 18.4. The number of nitrogens with one attached hydrogen (secondary N) is 1. The summed E-state index contributed by atoms with van der Waals surface area (Å²) >= 11 is 3.39. The summed E-state index contributed by atoms with van der Waals surface area (Å²) < 4.78 is 28.8. The molecule has 23 heavy (non-hydrogen) atoms. The number of sulfonamides is 1. The van der Waals surface area contributed by atoms with Gasteiger partial charge in [-0.05, 0) is 52.9 Å². The molecule has 1 saturated carbocycles. The van der Waals surface area contributed by atoms with Crippen LogP contribution >= 0.6 is 15.9 Å². The summed E-state index contributed by atoms with van der Waals surface area (Å²) in [6, 6.07) is 3.49. The van der Waals surface area contributed by atoms with Crippen LogP contribution in [0.4, 0.5) is 5.69 Å². The average Bonchev–Trinajstić information content (AvgIpc) is 3.14. The number of benzene rings is 1. The number of amides is 1. The number of carbonyl (C=O) groups excluding carboxylic acids is 1. The maximum absolute atomic E-state index is 12.7. The lowest BCUT2D eigenvalue weighted by atomic mass is 10.2. The molecule has 0 atom stereocenters. The predicted molar refractivity (Wildman–Crippen MR) is 93.1 cm³/mol. The summed E-state index contributed by atoms with van der Waals surface area (Å²) in [5, 5.41) is 0. The van der Waals surface area contributed by atoms with Gasteiger partial charge < -0.3 is 4.90 Å². The van der Waals surface area contributed by atoms with E-state index in [1.165, 1.54) is 0 Å². The lowest BCUT2D eigenvalue weighted by molar-refractivity contribution is -0.118. The summed E-state index contributed by atoms with van der Waals surface area (Å²) in [5.74, 6) is 0.0261. The van der Waals surface area contributed by atoms with Crippen molar-refractivity contribution in [3.8, 4) is 0 Å². The maximum atomic E-state index is 12.7. The highest BCUT2D eigenvalue weighted by Crippen LogP contribution is 2.36. The summed E-state index contributed by atoms with van der Waals surface area (Å²) in [4.78, 5) is 14.0. The van der Waals surface area contributed by atoms with E-state index in [4.69, 9.17) is 0 Å². The molecule has 1 aromatic rings. The highest BCUT2D eigenvalue weighted by Gasteiger charge is 2.30. The van der Waals surface area contributed by atoms with Crippen molar-refractivity contribution in [3.05, 3.63) is 22.2 Å². The zero-order chi connectivity index (χ0) is 16.6. The largest absolute Gasteiger partial charge is 0.312 e. The first kappa shape index (κ1) is 16.9. The molecule has 1 amide bonds. The van der Waals surface area contributed by atoms with Gasteiger partial charge in [-0.15, -0.1) is 0 Å². The first-order chi connectivity index (χ1) is 10.9. The van der Waals surface area contributed by atoms with Crippen molar-refractivity contribution in [2.75, 3.05) is 11.4 Å².